The van der Waals surface area contributed by atoms with Crippen LogP contribution in [0.4, 0.5) is 0 Å². The second kappa shape index (κ2) is 3.93. The molecule has 12 heavy (non-hydrogen) atoms. The van der Waals surface area contributed by atoms with Crippen LogP contribution in [0.3, 0.4) is 0 Å². The van der Waals surface area contributed by atoms with Crippen molar-refractivity contribution in [2.24, 2.45) is 5.73 Å². The SMILES string of the molecule is C=Cc1c(CN)cccc1OC. The smallest absolute Gasteiger partial charge is 0.126 e. The number of ether oxygens (including phenoxy) is 1. The standard InChI is InChI=1S/C10H13NO/c1-3-9-8(7-11)5-4-6-10(9)12-2/h3-6H,1,7,11H2,2H3. The van der Waals surface area contributed by atoms with Crippen LogP contribution in [0.1, 0.15) is 11.1 Å². The van der Waals surface area contributed by atoms with Crippen molar-refractivity contribution in [2.45, 2.75) is 6.54 Å². The Balaban J connectivity index is 3.21. The quantitative estimate of drug-likeness (QED) is 0.737. The molecule has 1 rings (SSSR count). The number of methoxy groups -OCH3 is 1. The molecule has 0 aromatic heterocycles. The van der Waals surface area contributed by atoms with Crippen molar-refractivity contribution in [2.75, 3.05) is 7.11 Å². The third kappa shape index (κ3) is 1.48. The predicted octanol–water partition coefficient (Wildman–Crippen LogP) is 1.80. The molecule has 1 aromatic carbocycles. The van der Waals surface area contributed by atoms with Gasteiger partial charge in [0.25, 0.3) is 0 Å². The van der Waals surface area contributed by atoms with Gasteiger partial charge >= 0.3 is 0 Å². The monoisotopic (exact) mass is 163 g/mol. The molecule has 0 fully saturated rings. The maximum atomic E-state index is 5.55. The van der Waals surface area contributed by atoms with Crippen LogP contribution < -0.4 is 10.5 Å². The van der Waals surface area contributed by atoms with Gasteiger partial charge < -0.3 is 10.5 Å². The molecule has 0 bridgehead atoms. The Morgan fingerprint density at radius 2 is 2.33 bits per heavy atom. The van der Waals surface area contributed by atoms with E-state index in [0.29, 0.717) is 6.54 Å². The molecule has 0 aliphatic rings. The van der Waals surface area contributed by atoms with E-state index in [9.17, 15) is 0 Å². The Morgan fingerprint density at radius 3 is 2.83 bits per heavy atom. The normalized spacial score (nSPS) is 9.50. The first-order valence-electron chi connectivity index (χ1n) is 3.82. The summed E-state index contributed by atoms with van der Waals surface area (Å²) in [6.07, 6.45) is 1.76. The molecule has 1 aromatic rings. The molecule has 2 nitrogen and oxygen atoms in total. The zero-order chi connectivity index (χ0) is 8.97. The van der Waals surface area contributed by atoms with Gasteiger partial charge in [0.15, 0.2) is 0 Å². The first-order chi connectivity index (χ1) is 5.83. The van der Waals surface area contributed by atoms with Gasteiger partial charge in [0.2, 0.25) is 0 Å². The fourth-order valence-corrected chi connectivity index (χ4v) is 1.18. The average molecular weight is 163 g/mol. The molecule has 0 spiro atoms. The molecule has 0 unspecified atom stereocenters. The van der Waals surface area contributed by atoms with E-state index < -0.39 is 0 Å². The molecule has 64 valence electrons. The molecule has 0 aliphatic carbocycles. The molecular weight excluding hydrogens is 150 g/mol. The number of rotatable bonds is 3. The van der Waals surface area contributed by atoms with E-state index >= 15 is 0 Å². The summed E-state index contributed by atoms with van der Waals surface area (Å²) < 4.78 is 5.15. The first kappa shape index (κ1) is 8.81. The zero-order valence-corrected chi connectivity index (χ0v) is 7.21. The molecule has 2 heteroatoms. The van der Waals surface area contributed by atoms with Gasteiger partial charge in [-0.2, -0.15) is 0 Å². The van der Waals surface area contributed by atoms with E-state index in [1.54, 1.807) is 13.2 Å². The Hall–Kier alpha value is -1.28. The molecule has 0 radical (unpaired) electrons. The van der Waals surface area contributed by atoms with Crippen molar-refractivity contribution in [3.63, 3.8) is 0 Å². The maximum Gasteiger partial charge on any atom is 0.126 e. The lowest BCUT2D eigenvalue weighted by atomic mass is 10.1. The van der Waals surface area contributed by atoms with Crippen LogP contribution in [0.2, 0.25) is 0 Å². The maximum absolute atomic E-state index is 5.55. The molecule has 0 saturated heterocycles. The van der Waals surface area contributed by atoms with Gasteiger partial charge in [0.1, 0.15) is 5.75 Å². The van der Waals surface area contributed by atoms with Crippen molar-refractivity contribution in [1.82, 2.24) is 0 Å². The number of nitrogens with two attached hydrogens (primary N) is 1. The summed E-state index contributed by atoms with van der Waals surface area (Å²) in [6.45, 7) is 4.23. The van der Waals surface area contributed by atoms with Gasteiger partial charge in [-0.15, -0.1) is 0 Å². The molecule has 0 heterocycles. The third-order valence-electron chi connectivity index (χ3n) is 1.80. The fraction of sp³-hybridized carbons (Fsp3) is 0.200. The Labute approximate surface area is 72.7 Å². The molecule has 2 N–H and O–H groups in total. The zero-order valence-electron chi connectivity index (χ0n) is 7.21. The van der Waals surface area contributed by atoms with E-state index in [2.05, 4.69) is 6.58 Å². The van der Waals surface area contributed by atoms with Crippen LogP contribution in [0.15, 0.2) is 24.8 Å². The van der Waals surface area contributed by atoms with Gasteiger partial charge in [0.05, 0.1) is 7.11 Å². The summed E-state index contributed by atoms with van der Waals surface area (Å²) in [5.74, 6) is 0.827. The summed E-state index contributed by atoms with van der Waals surface area (Å²) in [5.41, 5.74) is 7.59. The molecule has 0 aliphatic heterocycles. The van der Waals surface area contributed by atoms with E-state index in [0.717, 1.165) is 16.9 Å². The fourth-order valence-electron chi connectivity index (χ4n) is 1.18. The van der Waals surface area contributed by atoms with Crippen molar-refractivity contribution in [3.8, 4) is 5.75 Å². The molecular formula is C10H13NO. The van der Waals surface area contributed by atoms with Crippen molar-refractivity contribution in [3.05, 3.63) is 35.9 Å². The molecule has 0 atom stereocenters. The van der Waals surface area contributed by atoms with Gasteiger partial charge in [-0.05, 0) is 11.6 Å². The third-order valence-corrected chi connectivity index (χ3v) is 1.80. The summed E-state index contributed by atoms with van der Waals surface area (Å²) in [4.78, 5) is 0. The van der Waals surface area contributed by atoms with Crippen LogP contribution in [0.25, 0.3) is 6.08 Å². The van der Waals surface area contributed by atoms with Gasteiger partial charge in [0, 0.05) is 12.1 Å². The highest BCUT2D eigenvalue weighted by molar-refractivity contribution is 5.59. The summed E-state index contributed by atoms with van der Waals surface area (Å²) in [6, 6.07) is 5.80. The topological polar surface area (TPSA) is 35.2 Å². The number of hydrogen-bond acceptors (Lipinski definition) is 2. The lowest BCUT2D eigenvalue weighted by Gasteiger charge is -2.08. The minimum Gasteiger partial charge on any atom is -0.496 e. The molecule has 0 saturated carbocycles. The van der Waals surface area contributed by atoms with Crippen LogP contribution >= 0.6 is 0 Å². The summed E-state index contributed by atoms with van der Waals surface area (Å²) in [5, 5.41) is 0. The first-order valence-corrected chi connectivity index (χ1v) is 3.82. The predicted molar refractivity (Wildman–Crippen MR) is 51.0 cm³/mol. The summed E-state index contributed by atoms with van der Waals surface area (Å²) >= 11 is 0. The van der Waals surface area contributed by atoms with Crippen LogP contribution in [0.5, 0.6) is 5.75 Å². The van der Waals surface area contributed by atoms with E-state index in [-0.39, 0.29) is 0 Å². The van der Waals surface area contributed by atoms with E-state index in [4.69, 9.17) is 10.5 Å². The van der Waals surface area contributed by atoms with Gasteiger partial charge in [-0.1, -0.05) is 24.8 Å². The minimum atomic E-state index is 0.512. The highest BCUT2D eigenvalue weighted by Crippen LogP contribution is 2.22. The summed E-state index contributed by atoms with van der Waals surface area (Å²) in [7, 11) is 1.64. The Morgan fingerprint density at radius 1 is 1.58 bits per heavy atom. The lowest BCUT2D eigenvalue weighted by molar-refractivity contribution is 0.413. The van der Waals surface area contributed by atoms with Crippen molar-refractivity contribution in [1.29, 1.82) is 0 Å². The second-order valence-corrected chi connectivity index (χ2v) is 2.44. The van der Waals surface area contributed by atoms with Gasteiger partial charge in [-0.3, -0.25) is 0 Å². The highest BCUT2D eigenvalue weighted by Gasteiger charge is 2.02. The Kier molecular flexibility index (Phi) is 2.88. The van der Waals surface area contributed by atoms with Gasteiger partial charge in [-0.25, -0.2) is 0 Å². The van der Waals surface area contributed by atoms with Crippen molar-refractivity contribution < 1.29 is 4.74 Å². The largest absolute Gasteiger partial charge is 0.496 e. The average Bonchev–Trinajstić information content (AvgIpc) is 2.16. The molecule has 0 amide bonds. The lowest BCUT2D eigenvalue weighted by Crippen LogP contribution is -2.00. The second-order valence-electron chi connectivity index (χ2n) is 2.44. The van der Waals surface area contributed by atoms with Crippen molar-refractivity contribution >= 4 is 6.08 Å². The van der Waals surface area contributed by atoms with E-state index in [1.807, 2.05) is 18.2 Å². The van der Waals surface area contributed by atoms with Crippen LogP contribution in [0, 0.1) is 0 Å². The highest BCUT2D eigenvalue weighted by atomic mass is 16.5. The van der Waals surface area contributed by atoms with Crippen LogP contribution in [-0.4, -0.2) is 7.11 Å². The Bertz CT molecular complexity index is 259. The van der Waals surface area contributed by atoms with Crippen LogP contribution in [-0.2, 0) is 6.54 Å². The van der Waals surface area contributed by atoms with E-state index in [1.165, 1.54) is 0 Å². The number of benzene rings is 1. The number of hydrogen-bond donors (Lipinski definition) is 1. The minimum absolute atomic E-state index is 0.512.